The van der Waals surface area contributed by atoms with Gasteiger partial charge in [0.15, 0.2) is 0 Å². The maximum absolute atomic E-state index is 11.9. The van der Waals surface area contributed by atoms with Crippen LogP contribution < -0.4 is 11.1 Å². The highest BCUT2D eigenvalue weighted by Gasteiger charge is 2.33. The Hall–Kier alpha value is -1.06. The van der Waals surface area contributed by atoms with Crippen LogP contribution in [0.2, 0.25) is 0 Å². The van der Waals surface area contributed by atoms with Gasteiger partial charge in [-0.25, -0.2) is 0 Å². The summed E-state index contributed by atoms with van der Waals surface area (Å²) in [5.74, 6) is 0.179. The first kappa shape index (κ1) is 15.0. The Bertz CT molecular complexity index is 298. The molecule has 3 N–H and O–H groups in total. The van der Waals surface area contributed by atoms with Crippen LogP contribution in [-0.4, -0.2) is 18.9 Å². The monoisotopic (exact) mass is 254 g/mol. The Labute approximate surface area is 110 Å². The van der Waals surface area contributed by atoms with E-state index in [9.17, 15) is 9.59 Å². The Morgan fingerprint density at radius 3 is 2.28 bits per heavy atom. The van der Waals surface area contributed by atoms with E-state index in [-0.39, 0.29) is 23.7 Å². The molecule has 18 heavy (non-hydrogen) atoms. The minimum atomic E-state index is -0.329. The summed E-state index contributed by atoms with van der Waals surface area (Å²) < 4.78 is 0. The summed E-state index contributed by atoms with van der Waals surface area (Å²) in [5, 5.41) is 2.66. The van der Waals surface area contributed by atoms with Crippen LogP contribution in [0.1, 0.15) is 46.0 Å². The predicted molar refractivity (Wildman–Crippen MR) is 71.7 cm³/mol. The van der Waals surface area contributed by atoms with Crippen LogP contribution in [0.15, 0.2) is 0 Å². The van der Waals surface area contributed by atoms with E-state index in [2.05, 4.69) is 19.2 Å². The van der Waals surface area contributed by atoms with Crippen LogP contribution in [0.5, 0.6) is 0 Å². The smallest absolute Gasteiger partial charge is 0.223 e. The molecular formula is C14H26N2O2. The minimum absolute atomic E-state index is 0.0525. The van der Waals surface area contributed by atoms with Crippen LogP contribution >= 0.6 is 0 Å². The summed E-state index contributed by atoms with van der Waals surface area (Å²) >= 11 is 0. The number of carbonyl (C=O) groups excluding carboxylic acids is 2. The van der Waals surface area contributed by atoms with Gasteiger partial charge in [0.1, 0.15) is 0 Å². The zero-order valence-corrected chi connectivity index (χ0v) is 11.7. The summed E-state index contributed by atoms with van der Waals surface area (Å²) in [4.78, 5) is 23.6. The first-order valence-corrected chi connectivity index (χ1v) is 6.96. The Kier molecular flexibility index (Phi) is 5.63. The van der Waals surface area contributed by atoms with Crippen LogP contribution in [0.3, 0.4) is 0 Å². The van der Waals surface area contributed by atoms with Crippen LogP contribution in [0.4, 0.5) is 0 Å². The van der Waals surface area contributed by atoms with Crippen molar-refractivity contribution in [3.05, 3.63) is 0 Å². The third kappa shape index (κ3) is 4.67. The number of hydrogen-bond donors (Lipinski definition) is 2. The van der Waals surface area contributed by atoms with E-state index in [1.54, 1.807) is 7.05 Å². The number of nitrogens with one attached hydrogen (secondary N) is 1. The molecular weight excluding hydrogens is 228 g/mol. The molecule has 2 amide bonds. The fourth-order valence-electron chi connectivity index (χ4n) is 2.51. The largest absolute Gasteiger partial charge is 0.369 e. The molecule has 2 atom stereocenters. The molecule has 1 aliphatic rings. The molecule has 0 radical (unpaired) electrons. The van der Waals surface area contributed by atoms with Gasteiger partial charge in [0.05, 0.1) is 0 Å². The predicted octanol–water partition coefficient (Wildman–Crippen LogP) is 1.69. The third-order valence-corrected chi connectivity index (χ3v) is 3.74. The van der Waals surface area contributed by atoms with Crippen LogP contribution in [0.25, 0.3) is 0 Å². The second-order valence-corrected chi connectivity index (χ2v) is 5.88. The second kappa shape index (κ2) is 6.76. The summed E-state index contributed by atoms with van der Waals surface area (Å²) in [5.41, 5.74) is 5.49. The van der Waals surface area contributed by atoms with Crippen molar-refractivity contribution in [2.45, 2.75) is 46.0 Å². The highest BCUT2D eigenvalue weighted by atomic mass is 16.2. The Balaban J connectivity index is 2.67. The lowest BCUT2D eigenvalue weighted by molar-refractivity contribution is -0.134. The summed E-state index contributed by atoms with van der Waals surface area (Å²) in [7, 11) is 1.62. The second-order valence-electron chi connectivity index (χ2n) is 5.88. The molecule has 1 saturated carbocycles. The van der Waals surface area contributed by atoms with Gasteiger partial charge in [0.2, 0.25) is 11.8 Å². The van der Waals surface area contributed by atoms with Crippen molar-refractivity contribution in [2.24, 2.45) is 29.4 Å². The quantitative estimate of drug-likeness (QED) is 0.692. The lowest BCUT2D eigenvalue weighted by atomic mass is 9.81. The van der Waals surface area contributed by atoms with E-state index in [0.29, 0.717) is 5.92 Å². The van der Waals surface area contributed by atoms with E-state index in [4.69, 9.17) is 5.73 Å². The average molecular weight is 254 g/mol. The molecule has 104 valence electrons. The fourth-order valence-corrected chi connectivity index (χ4v) is 2.51. The van der Waals surface area contributed by atoms with Crippen molar-refractivity contribution in [3.63, 3.8) is 0 Å². The maximum Gasteiger partial charge on any atom is 0.223 e. The molecule has 0 aromatic carbocycles. The molecule has 1 fully saturated rings. The van der Waals surface area contributed by atoms with Gasteiger partial charge >= 0.3 is 0 Å². The van der Waals surface area contributed by atoms with E-state index >= 15 is 0 Å². The minimum Gasteiger partial charge on any atom is -0.369 e. The van der Waals surface area contributed by atoms with E-state index < -0.39 is 0 Å². The first-order valence-electron chi connectivity index (χ1n) is 6.96. The molecule has 1 rings (SSSR count). The maximum atomic E-state index is 11.9. The molecule has 4 nitrogen and oxygen atoms in total. The average Bonchev–Trinajstić information content (AvgIpc) is 3.09. The van der Waals surface area contributed by atoms with E-state index in [0.717, 1.165) is 25.2 Å². The van der Waals surface area contributed by atoms with Gasteiger partial charge in [-0.15, -0.1) is 0 Å². The molecule has 4 heteroatoms. The zero-order chi connectivity index (χ0) is 13.7. The van der Waals surface area contributed by atoms with Gasteiger partial charge in [0, 0.05) is 18.9 Å². The highest BCUT2D eigenvalue weighted by Crippen LogP contribution is 2.36. The van der Waals surface area contributed by atoms with Crippen molar-refractivity contribution in [3.8, 4) is 0 Å². The molecule has 0 aromatic heterocycles. The van der Waals surface area contributed by atoms with Gasteiger partial charge in [0.25, 0.3) is 0 Å². The van der Waals surface area contributed by atoms with Crippen molar-refractivity contribution < 1.29 is 9.59 Å². The van der Waals surface area contributed by atoms with Gasteiger partial charge in [-0.05, 0) is 31.1 Å². The molecule has 0 heterocycles. The number of carbonyl (C=O) groups is 2. The number of nitrogens with two attached hydrogens (primary N) is 1. The molecule has 0 aliphatic heterocycles. The fraction of sp³-hybridized carbons (Fsp3) is 0.857. The van der Waals surface area contributed by atoms with Crippen LogP contribution in [0, 0.1) is 23.7 Å². The molecule has 0 saturated heterocycles. The molecule has 0 spiro atoms. The van der Waals surface area contributed by atoms with E-state index in [1.807, 2.05) is 0 Å². The van der Waals surface area contributed by atoms with Gasteiger partial charge in [-0.2, -0.15) is 0 Å². The number of primary amides is 1. The zero-order valence-electron chi connectivity index (χ0n) is 11.7. The normalized spacial score (nSPS) is 18.4. The van der Waals surface area contributed by atoms with Crippen LogP contribution in [-0.2, 0) is 9.59 Å². The Morgan fingerprint density at radius 1 is 1.28 bits per heavy atom. The molecule has 1 aliphatic carbocycles. The summed E-state index contributed by atoms with van der Waals surface area (Å²) in [6.45, 7) is 4.13. The highest BCUT2D eigenvalue weighted by molar-refractivity contribution is 5.86. The lowest BCUT2D eigenvalue weighted by Gasteiger charge is -2.25. The van der Waals surface area contributed by atoms with Crippen molar-refractivity contribution in [1.29, 1.82) is 0 Å². The number of amides is 2. The Morgan fingerprint density at radius 2 is 1.89 bits per heavy atom. The summed E-state index contributed by atoms with van der Waals surface area (Å²) in [6.07, 6.45) is 5.03. The topological polar surface area (TPSA) is 72.2 Å². The van der Waals surface area contributed by atoms with Gasteiger partial charge in [-0.3, -0.25) is 9.59 Å². The van der Waals surface area contributed by atoms with Crippen molar-refractivity contribution >= 4 is 11.8 Å². The van der Waals surface area contributed by atoms with Crippen molar-refractivity contribution in [2.75, 3.05) is 7.05 Å². The van der Waals surface area contributed by atoms with E-state index in [1.165, 1.54) is 12.8 Å². The lowest BCUT2D eigenvalue weighted by Crippen LogP contribution is -2.40. The molecule has 0 aromatic rings. The molecule has 2 unspecified atom stereocenters. The van der Waals surface area contributed by atoms with Crippen molar-refractivity contribution in [1.82, 2.24) is 5.32 Å². The van der Waals surface area contributed by atoms with Gasteiger partial charge < -0.3 is 11.1 Å². The number of hydrogen-bond acceptors (Lipinski definition) is 2. The molecule has 0 bridgehead atoms. The first-order chi connectivity index (χ1) is 8.45. The SMILES string of the molecule is CNC(=O)C(CC(C)C)C(CCC1CC1)C(N)=O. The third-order valence-electron chi connectivity index (χ3n) is 3.74. The standard InChI is InChI=1S/C14H26N2O2/c1-9(2)8-12(14(18)16-3)11(13(15)17)7-6-10-4-5-10/h9-12H,4-8H2,1-3H3,(H2,15,17)(H,16,18). The van der Waals surface area contributed by atoms with Gasteiger partial charge in [-0.1, -0.05) is 26.7 Å². The summed E-state index contributed by atoms with van der Waals surface area (Å²) in [6, 6.07) is 0. The number of rotatable bonds is 8.